The average Bonchev–Trinajstić information content (AvgIpc) is 1.96. The highest BCUT2D eigenvalue weighted by Crippen LogP contribution is 2.36. The second-order valence-corrected chi connectivity index (χ2v) is 5.29. The molecule has 1 saturated carbocycles. The van der Waals surface area contributed by atoms with Gasteiger partial charge in [-0.1, -0.05) is 40.5 Å². The van der Waals surface area contributed by atoms with Crippen molar-refractivity contribution in [3.63, 3.8) is 0 Å². The van der Waals surface area contributed by atoms with Gasteiger partial charge in [-0.3, -0.25) is 0 Å². The molecule has 0 heteroatoms. The van der Waals surface area contributed by atoms with Crippen LogP contribution in [0.5, 0.6) is 0 Å². The van der Waals surface area contributed by atoms with Gasteiger partial charge in [0.2, 0.25) is 0 Å². The first-order valence-corrected chi connectivity index (χ1v) is 5.59. The number of rotatable bonds is 2. The molecule has 1 fully saturated rings. The predicted octanol–water partition coefficient (Wildman–Crippen LogP) is 4.10. The maximum absolute atomic E-state index is 2.44. The Morgan fingerprint density at radius 3 is 2.42 bits per heavy atom. The Morgan fingerprint density at radius 2 is 1.83 bits per heavy atom. The van der Waals surface area contributed by atoms with Crippen molar-refractivity contribution in [1.82, 2.24) is 0 Å². The SMILES string of the molecule is CC(C)C[C@@H]1C[C@@H](C)CC[C@@H]1C. The summed E-state index contributed by atoms with van der Waals surface area (Å²) in [5.74, 6) is 3.89. The number of hydrogen-bond donors (Lipinski definition) is 0. The van der Waals surface area contributed by atoms with Gasteiger partial charge in [0.05, 0.1) is 0 Å². The van der Waals surface area contributed by atoms with Crippen LogP contribution in [0.3, 0.4) is 0 Å². The van der Waals surface area contributed by atoms with E-state index >= 15 is 0 Å². The minimum Gasteiger partial charge on any atom is -0.0628 e. The van der Waals surface area contributed by atoms with Crippen molar-refractivity contribution in [2.75, 3.05) is 0 Å². The van der Waals surface area contributed by atoms with Gasteiger partial charge in [0, 0.05) is 0 Å². The molecular weight excluding hydrogens is 144 g/mol. The Morgan fingerprint density at radius 1 is 1.17 bits per heavy atom. The smallest absolute Gasteiger partial charge is 0.0384 e. The highest BCUT2D eigenvalue weighted by Gasteiger charge is 2.25. The third-order valence-corrected chi connectivity index (χ3v) is 3.40. The standard InChI is InChI=1S/C12H24/c1-9(2)7-12-8-10(3)5-6-11(12)4/h9-12H,5-8H2,1-4H3/t10-,11-,12+/m0/s1. The molecule has 72 valence electrons. The Labute approximate surface area is 77.7 Å². The first-order valence-electron chi connectivity index (χ1n) is 5.59. The molecule has 0 aromatic rings. The zero-order valence-corrected chi connectivity index (χ0v) is 9.14. The van der Waals surface area contributed by atoms with E-state index in [1.807, 2.05) is 0 Å². The van der Waals surface area contributed by atoms with Crippen LogP contribution in [0, 0.1) is 23.7 Å². The molecule has 0 radical (unpaired) electrons. The van der Waals surface area contributed by atoms with Crippen molar-refractivity contribution in [2.45, 2.75) is 53.4 Å². The van der Waals surface area contributed by atoms with E-state index < -0.39 is 0 Å². The third kappa shape index (κ3) is 2.80. The molecule has 0 heterocycles. The molecule has 0 nitrogen and oxygen atoms in total. The molecule has 0 bridgehead atoms. The van der Waals surface area contributed by atoms with Gasteiger partial charge in [-0.15, -0.1) is 0 Å². The minimum atomic E-state index is 0.891. The normalized spacial score (nSPS) is 37.2. The summed E-state index contributed by atoms with van der Waals surface area (Å²) in [5.41, 5.74) is 0. The highest BCUT2D eigenvalue weighted by molar-refractivity contribution is 4.76. The molecule has 1 rings (SSSR count). The molecule has 3 atom stereocenters. The van der Waals surface area contributed by atoms with Gasteiger partial charge in [-0.05, 0) is 36.5 Å². The van der Waals surface area contributed by atoms with Crippen molar-refractivity contribution in [2.24, 2.45) is 23.7 Å². The van der Waals surface area contributed by atoms with Crippen LogP contribution >= 0.6 is 0 Å². The average molecular weight is 168 g/mol. The van der Waals surface area contributed by atoms with Crippen LogP contribution < -0.4 is 0 Å². The van der Waals surface area contributed by atoms with Crippen LogP contribution in [-0.2, 0) is 0 Å². The molecule has 0 aliphatic heterocycles. The summed E-state index contributed by atoms with van der Waals surface area (Å²) < 4.78 is 0. The summed E-state index contributed by atoms with van der Waals surface area (Å²) in [6.45, 7) is 9.57. The van der Waals surface area contributed by atoms with Crippen molar-refractivity contribution in [1.29, 1.82) is 0 Å². The topological polar surface area (TPSA) is 0 Å². The van der Waals surface area contributed by atoms with E-state index in [0.29, 0.717) is 0 Å². The van der Waals surface area contributed by atoms with Gasteiger partial charge in [0.25, 0.3) is 0 Å². The first kappa shape index (κ1) is 10.1. The van der Waals surface area contributed by atoms with Crippen LogP contribution in [0.15, 0.2) is 0 Å². The highest BCUT2D eigenvalue weighted by atomic mass is 14.3. The lowest BCUT2D eigenvalue weighted by Gasteiger charge is -2.33. The second-order valence-electron chi connectivity index (χ2n) is 5.29. The van der Waals surface area contributed by atoms with Gasteiger partial charge in [0.1, 0.15) is 0 Å². The van der Waals surface area contributed by atoms with Crippen molar-refractivity contribution in [3.05, 3.63) is 0 Å². The summed E-state index contributed by atoms with van der Waals surface area (Å²) in [5, 5.41) is 0. The third-order valence-electron chi connectivity index (χ3n) is 3.40. The van der Waals surface area contributed by atoms with E-state index in [0.717, 1.165) is 23.7 Å². The molecule has 1 aliphatic rings. The lowest BCUT2D eigenvalue weighted by molar-refractivity contribution is 0.177. The van der Waals surface area contributed by atoms with Crippen molar-refractivity contribution >= 4 is 0 Å². The quantitative estimate of drug-likeness (QED) is 0.582. The van der Waals surface area contributed by atoms with Gasteiger partial charge >= 0.3 is 0 Å². The minimum absolute atomic E-state index is 0.891. The zero-order valence-electron chi connectivity index (χ0n) is 9.14. The maximum Gasteiger partial charge on any atom is -0.0384 e. The summed E-state index contributed by atoms with van der Waals surface area (Å²) >= 11 is 0. The Hall–Kier alpha value is 0. The number of hydrogen-bond acceptors (Lipinski definition) is 0. The monoisotopic (exact) mass is 168 g/mol. The largest absolute Gasteiger partial charge is 0.0628 e. The van der Waals surface area contributed by atoms with Crippen molar-refractivity contribution in [3.8, 4) is 0 Å². The van der Waals surface area contributed by atoms with E-state index in [-0.39, 0.29) is 0 Å². The molecule has 0 aromatic heterocycles. The van der Waals surface area contributed by atoms with Gasteiger partial charge in [-0.2, -0.15) is 0 Å². The lowest BCUT2D eigenvalue weighted by atomic mass is 9.72. The molecule has 1 aliphatic carbocycles. The van der Waals surface area contributed by atoms with Crippen LogP contribution in [0.25, 0.3) is 0 Å². The van der Waals surface area contributed by atoms with E-state index in [1.54, 1.807) is 0 Å². The molecule has 0 saturated heterocycles. The Bertz CT molecular complexity index is 124. The van der Waals surface area contributed by atoms with Gasteiger partial charge in [-0.25, -0.2) is 0 Å². The molecule has 0 aromatic carbocycles. The summed E-state index contributed by atoms with van der Waals surface area (Å²) in [6, 6.07) is 0. The van der Waals surface area contributed by atoms with Crippen LogP contribution in [0.2, 0.25) is 0 Å². The summed E-state index contributed by atoms with van der Waals surface area (Å²) in [4.78, 5) is 0. The Kier molecular flexibility index (Phi) is 3.61. The fraction of sp³-hybridized carbons (Fsp3) is 1.00. The van der Waals surface area contributed by atoms with E-state index in [1.165, 1.54) is 25.7 Å². The lowest BCUT2D eigenvalue weighted by Crippen LogP contribution is -2.22. The first-order chi connectivity index (χ1) is 5.59. The van der Waals surface area contributed by atoms with E-state index in [9.17, 15) is 0 Å². The maximum atomic E-state index is 2.44. The zero-order chi connectivity index (χ0) is 9.14. The van der Waals surface area contributed by atoms with Gasteiger partial charge < -0.3 is 0 Å². The van der Waals surface area contributed by atoms with E-state index in [4.69, 9.17) is 0 Å². The fourth-order valence-electron chi connectivity index (χ4n) is 2.58. The predicted molar refractivity (Wildman–Crippen MR) is 55.1 cm³/mol. The summed E-state index contributed by atoms with van der Waals surface area (Å²) in [6.07, 6.45) is 5.87. The van der Waals surface area contributed by atoms with Crippen LogP contribution in [0.1, 0.15) is 53.4 Å². The molecule has 0 unspecified atom stereocenters. The molecule has 0 amide bonds. The molecular formula is C12H24. The molecule has 12 heavy (non-hydrogen) atoms. The summed E-state index contributed by atoms with van der Waals surface area (Å²) in [7, 11) is 0. The molecule has 0 spiro atoms. The Balaban J connectivity index is 2.38. The van der Waals surface area contributed by atoms with Crippen molar-refractivity contribution < 1.29 is 0 Å². The fourth-order valence-corrected chi connectivity index (χ4v) is 2.58. The van der Waals surface area contributed by atoms with Gasteiger partial charge in [0.15, 0.2) is 0 Å². The van der Waals surface area contributed by atoms with Crippen LogP contribution in [-0.4, -0.2) is 0 Å². The van der Waals surface area contributed by atoms with E-state index in [2.05, 4.69) is 27.7 Å². The van der Waals surface area contributed by atoms with Crippen LogP contribution in [0.4, 0.5) is 0 Å². The molecule has 0 N–H and O–H groups in total. The second kappa shape index (κ2) is 4.30.